The van der Waals surface area contributed by atoms with Crippen molar-refractivity contribution in [3.63, 3.8) is 0 Å². The monoisotopic (exact) mass is 403 g/mol. The third kappa shape index (κ3) is 3.12. The highest BCUT2D eigenvalue weighted by molar-refractivity contribution is 5.95. The minimum atomic E-state index is -0.289. The number of aryl methyl sites for hydroxylation is 2. The van der Waals surface area contributed by atoms with Crippen LogP contribution in [0.25, 0.3) is 0 Å². The van der Waals surface area contributed by atoms with E-state index in [-0.39, 0.29) is 23.8 Å². The van der Waals surface area contributed by atoms with Gasteiger partial charge in [-0.05, 0) is 60.4 Å². The molecule has 1 aromatic carbocycles. The van der Waals surface area contributed by atoms with Gasteiger partial charge in [0.1, 0.15) is 5.56 Å². The Hall–Kier alpha value is -3.61. The number of rotatable bonds is 3. The van der Waals surface area contributed by atoms with Gasteiger partial charge in [-0.2, -0.15) is 0 Å². The lowest BCUT2D eigenvalue weighted by molar-refractivity contribution is 0.0748. The van der Waals surface area contributed by atoms with Crippen LogP contribution in [0, 0.1) is 13.8 Å². The number of nitrogens with zero attached hydrogens (tertiary/aromatic N) is 3. The molecular formula is C23H21N3O4. The highest BCUT2D eigenvalue weighted by Crippen LogP contribution is 2.32. The van der Waals surface area contributed by atoms with E-state index in [0.29, 0.717) is 36.7 Å². The molecule has 0 spiro atoms. The quantitative estimate of drug-likeness (QED) is 0.672. The molecule has 7 heteroatoms. The van der Waals surface area contributed by atoms with Crippen LogP contribution >= 0.6 is 0 Å². The van der Waals surface area contributed by atoms with Crippen molar-refractivity contribution in [2.75, 3.05) is 6.79 Å². The Kier molecular flexibility index (Phi) is 4.31. The molecule has 5 rings (SSSR count). The van der Waals surface area contributed by atoms with Gasteiger partial charge in [0, 0.05) is 31.2 Å². The van der Waals surface area contributed by atoms with E-state index < -0.39 is 0 Å². The highest BCUT2D eigenvalue weighted by Gasteiger charge is 2.28. The Balaban J connectivity index is 1.43. The molecule has 30 heavy (non-hydrogen) atoms. The number of pyridine rings is 2. The molecule has 3 aromatic rings. The van der Waals surface area contributed by atoms with Crippen LogP contribution in [0.1, 0.15) is 38.3 Å². The average molecular weight is 403 g/mol. The Labute approximate surface area is 173 Å². The average Bonchev–Trinajstić information content (AvgIpc) is 3.36. The third-order valence-electron chi connectivity index (χ3n) is 5.61. The molecule has 0 saturated heterocycles. The molecular weight excluding hydrogens is 382 g/mol. The standard InChI is InChI=1S/C23H21N3O4/c1-14-5-6-25(10-16-3-4-19-20(8-16)30-13-29-19)22(27)21(14)23(28)26-11-17-7-15(2)24-9-18(17)12-26/h3-9H,10-13H2,1-2H3. The minimum Gasteiger partial charge on any atom is -0.454 e. The Bertz CT molecular complexity index is 1230. The van der Waals surface area contributed by atoms with Gasteiger partial charge in [0.25, 0.3) is 11.5 Å². The van der Waals surface area contributed by atoms with Gasteiger partial charge in [-0.3, -0.25) is 14.6 Å². The molecule has 2 aliphatic rings. The summed E-state index contributed by atoms with van der Waals surface area (Å²) in [5, 5.41) is 0. The summed E-state index contributed by atoms with van der Waals surface area (Å²) < 4.78 is 12.3. The first-order valence-electron chi connectivity index (χ1n) is 9.82. The first-order valence-corrected chi connectivity index (χ1v) is 9.82. The van der Waals surface area contributed by atoms with E-state index in [1.807, 2.05) is 43.5 Å². The molecule has 7 nitrogen and oxygen atoms in total. The van der Waals surface area contributed by atoms with Crippen molar-refractivity contribution in [2.24, 2.45) is 0 Å². The normalized spacial score (nSPS) is 14.1. The smallest absolute Gasteiger partial charge is 0.263 e. The summed E-state index contributed by atoms with van der Waals surface area (Å²) in [5.74, 6) is 1.12. The van der Waals surface area contributed by atoms with E-state index in [9.17, 15) is 9.59 Å². The lowest BCUT2D eigenvalue weighted by Gasteiger charge is -2.17. The predicted molar refractivity (Wildman–Crippen MR) is 110 cm³/mol. The van der Waals surface area contributed by atoms with Gasteiger partial charge in [-0.15, -0.1) is 0 Å². The van der Waals surface area contributed by atoms with Crippen molar-refractivity contribution in [1.29, 1.82) is 0 Å². The summed E-state index contributed by atoms with van der Waals surface area (Å²) in [5.41, 5.74) is 4.55. The Morgan fingerprint density at radius 2 is 1.87 bits per heavy atom. The molecule has 1 amide bonds. The molecule has 2 aromatic heterocycles. The van der Waals surface area contributed by atoms with Gasteiger partial charge in [0.05, 0.1) is 6.54 Å². The number of aromatic nitrogens is 2. The number of carbonyl (C=O) groups excluding carboxylic acids is 1. The van der Waals surface area contributed by atoms with Crippen molar-refractivity contribution in [2.45, 2.75) is 33.5 Å². The van der Waals surface area contributed by atoms with Gasteiger partial charge in [-0.25, -0.2) is 0 Å². The van der Waals surface area contributed by atoms with E-state index in [0.717, 1.165) is 22.4 Å². The highest BCUT2D eigenvalue weighted by atomic mass is 16.7. The van der Waals surface area contributed by atoms with Crippen molar-refractivity contribution in [3.8, 4) is 11.5 Å². The maximum atomic E-state index is 13.3. The zero-order valence-corrected chi connectivity index (χ0v) is 16.8. The van der Waals surface area contributed by atoms with Crippen LogP contribution in [0.4, 0.5) is 0 Å². The zero-order valence-electron chi connectivity index (χ0n) is 16.8. The van der Waals surface area contributed by atoms with Crippen LogP contribution < -0.4 is 15.0 Å². The van der Waals surface area contributed by atoms with E-state index in [4.69, 9.17) is 9.47 Å². The lowest BCUT2D eigenvalue weighted by Crippen LogP contribution is -2.35. The maximum Gasteiger partial charge on any atom is 0.263 e. The first-order chi connectivity index (χ1) is 14.5. The number of benzene rings is 1. The van der Waals surface area contributed by atoms with Gasteiger partial charge in [-0.1, -0.05) is 6.07 Å². The fourth-order valence-electron chi connectivity index (χ4n) is 3.99. The van der Waals surface area contributed by atoms with Crippen LogP contribution in [0.15, 0.2) is 47.5 Å². The van der Waals surface area contributed by atoms with Gasteiger partial charge < -0.3 is 18.9 Å². The summed E-state index contributed by atoms with van der Waals surface area (Å²) in [4.78, 5) is 32.5. The summed E-state index contributed by atoms with van der Waals surface area (Å²) in [6.07, 6.45) is 3.54. The molecule has 0 radical (unpaired) electrons. The van der Waals surface area contributed by atoms with Crippen molar-refractivity contribution < 1.29 is 14.3 Å². The summed E-state index contributed by atoms with van der Waals surface area (Å²) >= 11 is 0. The third-order valence-corrected chi connectivity index (χ3v) is 5.61. The van der Waals surface area contributed by atoms with Crippen LogP contribution in [-0.2, 0) is 19.6 Å². The topological polar surface area (TPSA) is 73.7 Å². The van der Waals surface area contributed by atoms with Crippen LogP contribution in [0.2, 0.25) is 0 Å². The predicted octanol–water partition coefficient (Wildman–Crippen LogP) is 2.79. The van der Waals surface area contributed by atoms with Gasteiger partial charge >= 0.3 is 0 Å². The molecule has 2 aliphatic heterocycles. The fraction of sp³-hybridized carbons (Fsp3) is 0.261. The molecule has 0 atom stereocenters. The molecule has 0 fully saturated rings. The van der Waals surface area contributed by atoms with Crippen LogP contribution in [-0.4, -0.2) is 27.2 Å². The molecule has 0 saturated carbocycles. The van der Waals surface area contributed by atoms with Crippen molar-refractivity contribution in [3.05, 3.63) is 86.6 Å². The van der Waals surface area contributed by atoms with Crippen molar-refractivity contribution in [1.82, 2.24) is 14.5 Å². The van der Waals surface area contributed by atoms with Crippen LogP contribution in [0.5, 0.6) is 11.5 Å². The summed E-state index contributed by atoms with van der Waals surface area (Å²) in [7, 11) is 0. The number of ether oxygens (including phenoxy) is 2. The second-order valence-corrected chi connectivity index (χ2v) is 7.75. The lowest BCUT2D eigenvalue weighted by atomic mass is 10.1. The van der Waals surface area contributed by atoms with E-state index >= 15 is 0 Å². The second kappa shape index (κ2) is 7.02. The van der Waals surface area contributed by atoms with E-state index in [1.165, 1.54) is 0 Å². The summed E-state index contributed by atoms with van der Waals surface area (Å²) in [6, 6.07) is 9.41. The molecule has 152 valence electrons. The molecule has 4 heterocycles. The van der Waals surface area contributed by atoms with E-state index in [1.54, 1.807) is 22.6 Å². The van der Waals surface area contributed by atoms with Crippen molar-refractivity contribution >= 4 is 5.91 Å². The fourth-order valence-corrected chi connectivity index (χ4v) is 3.99. The number of hydrogen-bond acceptors (Lipinski definition) is 5. The zero-order chi connectivity index (χ0) is 20.8. The number of carbonyl (C=O) groups is 1. The second-order valence-electron chi connectivity index (χ2n) is 7.75. The van der Waals surface area contributed by atoms with E-state index in [2.05, 4.69) is 4.98 Å². The SMILES string of the molecule is Cc1cc2c(cn1)CN(C(=O)c1c(C)ccn(Cc3ccc4c(c3)OCO4)c1=O)C2. The first kappa shape index (κ1) is 18.4. The number of amides is 1. The Morgan fingerprint density at radius 1 is 1.07 bits per heavy atom. The molecule has 0 N–H and O–H groups in total. The number of hydrogen-bond donors (Lipinski definition) is 0. The Morgan fingerprint density at radius 3 is 2.73 bits per heavy atom. The van der Waals surface area contributed by atoms with Gasteiger partial charge in [0.2, 0.25) is 6.79 Å². The molecule has 0 unspecified atom stereocenters. The maximum absolute atomic E-state index is 13.3. The minimum absolute atomic E-state index is 0.204. The molecule has 0 bridgehead atoms. The van der Waals surface area contributed by atoms with Gasteiger partial charge in [0.15, 0.2) is 11.5 Å². The van der Waals surface area contributed by atoms with Crippen LogP contribution in [0.3, 0.4) is 0 Å². The largest absolute Gasteiger partial charge is 0.454 e. The molecule has 0 aliphatic carbocycles. The number of fused-ring (bicyclic) bond motifs is 2. The summed E-state index contributed by atoms with van der Waals surface area (Å²) in [6.45, 7) is 5.24.